The van der Waals surface area contributed by atoms with Gasteiger partial charge in [0, 0.05) is 13.3 Å². The first kappa shape index (κ1) is 13.0. The summed E-state index contributed by atoms with van der Waals surface area (Å²) in [6.07, 6.45) is 0.228. The van der Waals surface area contributed by atoms with Crippen LogP contribution in [0.25, 0.3) is 0 Å². The van der Waals surface area contributed by atoms with Crippen LogP contribution >= 0.6 is 0 Å². The Kier molecular flexibility index (Phi) is 4.47. The second-order valence-corrected chi connectivity index (χ2v) is 3.60. The maximum atomic E-state index is 11.3. The van der Waals surface area contributed by atoms with Gasteiger partial charge in [-0.25, -0.2) is 5.48 Å². The summed E-state index contributed by atoms with van der Waals surface area (Å²) in [5.74, 6) is -0.929. The van der Waals surface area contributed by atoms with Crippen molar-refractivity contribution in [2.75, 3.05) is 0 Å². The minimum atomic E-state index is -0.845. The van der Waals surface area contributed by atoms with E-state index in [9.17, 15) is 9.59 Å². The highest BCUT2D eigenvalue weighted by atomic mass is 16.5. The number of carbonyl (C=O) groups excluding carboxylic acids is 2. The molecular formula is C11H14N2O4. The van der Waals surface area contributed by atoms with E-state index in [1.807, 2.05) is 0 Å². The first-order valence-corrected chi connectivity index (χ1v) is 5.02. The summed E-state index contributed by atoms with van der Waals surface area (Å²) in [5.41, 5.74) is 2.25. The molecule has 0 saturated heterocycles. The molecule has 17 heavy (non-hydrogen) atoms. The lowest BCUT2D eigenvalue weighted by Crippen LogP contribution is -2.46. The van der Waals surface area contributed by atoms with Crippen LogP contribution in [0.15, 0.2) is 24.3 Å². The van der Waals surface area contributed by atoms with Gasteiger partial charge in [-0.15, -0.1) is 0 Å². The van der Waals surface area contributed by atoms with Gasteiger partial charge in [-0.3, -0.25) is 14.8 Å². The molecule has 0 bridgehead atoms. The number of aromatic hydroxyl groups is 1. The minimum absolute atomic E-state index is 0.122. The van der Waals surface area contributed by atoms with Crippen molar-refractivity contribution in [1.29, 1.82) is 0 Å². The number of benzene rings is 1. The fraction of sp³-hybridized carbons (Fsp3) is 0.273. The predicted octanol–water partition coefficient (Wildman–Crippen LogP) is -0.0552. The van der Waals surface area contributed by atoms with E-state index in [1.54, 1.807) is 12.1 Å². The number of nitrogens with one attached hydrogen (secondary N) is 2. The van der Waals surface area contributed by atoms with Crippen LogP contribution in [-0.4, -0.2) is 28.2 Å². The van der Waals surface area contributed by atoms with Gasteiger partial charge in [0.05, 0.1) is 0 Å². The molecule has 0 aromatic heterocycles. The first-order valence-electron chi connectivity index (χ1n) is 5.02. The summed E-state index contributed by atoms with van der Waals surface area (Å²) in [4.78, 5) is 22.2. The second-order valence-electron chi connectivity index (χ2n) is 3.60. The van der Waals surface area contributed by atoms with Gasteiger partial charge in [0.25, 0.3) is 5.91 Å². The van der Waals surface area contributed by atoms with Gasteiger partial charge >= 0.3 is 0 Å². The lowest BCUT2D eigenvalue weighted by Gasteiger charge is -2.15. The van der Waals surface area contributed by atoms with E-state index in [0.29, 0.717) is 0 Å². The Labute approximate surface area is 98.2 Å². The number of hydrogen-bond acceptors (Lipinski definition) is 4. The van der Waals surface area contributed by atoms with Crippen LogP contribution in [-0.2, 0) is 16.0 Å². The zero-order valence-electron chi connectivity index (χ0n) is 9.30. The Hall–Kier alpha value is -2.08. The maximum absolute atomic E-state index is 11.3. The largest absolute Gasteiger partial charge is 0.508 e. The molecule has 0 spiro atoms. The first-order chi connectivity index (χ1) is 8.02. The molecule has 1 aromatic rings. The topological polar surface area (TPSA) is 98.7 Å². The van der Waals surface area contributed by atoms with E-state index >= 15 is 0 Å². The molecule has 0 fully saturated rings. The Morgan fingerprint density at radius 3 is 2.35 bits per heavy atom. The number of phenolic OH excluding ortho intramolecular Hbond substituents is 1. The number of amides is 2. The minimum Gasteiger partial charge on any atom is -0.508 e. The summed E-state index contributed by atoms with van der Waals surface area (Å²) in [7, 11) is 0. The summed E-state index contributed by atoms with van der Waals surface area (Å²) in [6, 6.07) is 5.39. The van der Waals surface area contributed by atoms with E-state index < -0.39 is 11.9 Å². The average molecular weight is 238 g/mol. The second kappa shape index (κ2) is 5.86. The number of phenols is 1. The van der Waals surface area contributed by atoms with Crippen molar-refractivity contribution >= 4 is 11.8 Å². The zero-order valence-corrected chi connectivity index (χ0v) is 9.30. The molecule has 6 nitrogen and oxygen atoms in total. The van der Waals surface area contributed by atoms with Gasteiger partial charge in [0.2, 0.25) is 5.91 Å². The lowest BCUT2D eigenvalue weighted by atomic mass is 10.1. The molecular weight excluding hydrogens is 224 g/mol. The van der Waals surface area contributed by atoms with Crippen molar-refractivity contribution in [3.8, 4) is 5.75 Å². The standard InChI is InChI=1S/C11H14N2O4/c1-7(14)12-10(11(16)13-17)6-8-2-4-9(15)5-3-8/h2-5,10,15,17H,6H2,1H3,(H,12,14)(H,13,16). The highest BCUT2D eigenvalue weighted by Gasteiger charge is 2.19. The van der Waals surface area contributed by atoms with E-state index in [1.165, 1.54) is 24.5 Å². The SMILES string of the molecule is CC(=O)NC(Cc1ccc(O)cc1)C(=O)NO. The third kappa shape index (κ3) is 4.12. The van der Waals surface area contributed by atoms with Crippen LogP contribution < -0.4 is 10.8 Å². The van der Waals surface area contributed by atoms with Gasteiger partial charge in [0.15, 0.2) is 0 Å². The number of rotatable bonds is 4. The van der Waals surface area contributed by atoms with E-state index in [2.05, 4.69) is 5.32 Å². The van der Waals surface area contributed by atoms with Crippen LogP contribution in [0.4, 0.5) is 0 Å². The van der Waals surface area contributed by atoms with E-state index in [4.69, 9.17) is 10.3 Å². The van der Waals surface area contributed by atoms with Crippen molar-refractivity contribution in [3.05, 3.63) is 29.8 Å². The molecule has 0 aliphatic carbocycles. The molecule has 1 aromatic carbocycles. The Bertz CT molecular complexity index is 402. The lowest BCUT2D eigenvalue weighted by molar-refractivity contribution is -0.134. The normalized spacial score (nSPS) is 11.6. The molecule has 92 valence electrons. The third-order valence-corrected chi connectivity index (χ3v) is 2.18. The molecule has 1 rings (SSSR count). The molecule has 0 aliphatic heterocycles. The fourth-order valence-corrected chi connectivity index (χ4v) is 1.40. The van der Waals surface area contributed by atoms with Crippen LogP contribution in [0.5, 0.6) is 5.75 Å². The van der Waals surface area contributed by atoms with Crippen LogP contribution in [0.3, 0.4) is 0 Å². The average Bonchev–Trinajstić information content (AvgIpc) is 2.29. The highest BCUT2D eigenvalue weighted by Crippen LogP contribution is 2.11. The number of hydrogen-bond donors (Lipinski definition) is 4. The molecule has 4 N–H and O–H groups in total. The summed E-state index contributed by atoms with van der Waals surface area (Å²) >= 11 is 0. The van der Waals surface area contributed by atoms with Crippen molar-refractivity contribution in [3.63, 3.8) is 0 Å². The maximum Gasteiger partial charge on any atom is 0.266 e. The van der Waals surface area contributed by atoms with Crippen molar-refractivity contribution in [2.45, 2.75) is 19.4 Å². The third-order valence-electron chi connectivity index (χ3n) is 2.18. The van der Waals surface area contributed by atoms with Crippen LogP contribution in [0.1, 0.15) is 12.5 Å². The molecule has 0 radical (unpaired) electrons. The molecule has 0 saturated carbocycles. The smallest absolute Gasteiger partial charge is 0.266 e. The molecule has 1 unspecified atom stereocenters. The van der Waals surface area contributed by atoms with Gasteiger partial charge in [-0.2, -0.15) is 0 Å². The molecule has 0 heterocycles. The summed E-state index contributed by atoms with van der Waals surface area (Å²) in [5, 5.41) is 20.1. The van der Waals surface area contributed by atoms with Gasteiger partial charge in [0.1, 0.15) is 11.8 Å². The quantitative estimate of drug-likeness (QED) is 0.436. The molecule has 2 amide bonds. The van der Waals surface area contributed by atoms with Crippen molar-refractivity contribution < 1.29 is 19.9 Å². The highest BCUT2D eigenvalue weighted by molar-refractivity contribution is 5.86. The zero-order chi connectivity index (χ0) is 12.8. The van der Waals surface area contributed by atoms with Gasteiger partial charge in [-0.1, -0.05) is 12.1 Å². The summed E-state index contributed by atoms with van der Waals surface area (Å²) in [6.45, 7) is 1.29. The number of hydroxylamine groups is 1. The van der Waals surface area contributed by atoms with Crippen molar-refractivity contribution in [1.82, 2.24) is 10.8 Å². The Morgan fingerprint density at radius 2 is 1.88 bits per heavy atom. The fourth-order valence-electron chi connectivity index (χ4n) is 1.40. The molecule has 0 aliphatic rings. The van der Waals surface area contributed by atoms with Gasteiger partial charge < -0.3 is 10.4 Å². The Morgan fingerprint density at radius 1 is 1.29 bits per heavy atom. The monoisotopic (exact) mass is 238 g/mol. The predicted molar refractivity (Wildman–Crippen MR) is 59.3 cm³/mol. The van der Waals surface area contributed by atoms with Gasteiger partial charge in [-0.05, 0) is 17.7 Å². The van der Waals surface area contributed by atoms with Crippen molar-refractivity contribution in [2.24, 2.45) is 0 Å². The Balaban J connectivity index is 2.75. The number of carbonyl (C=O) groups is 2. The summed E-state index contributed by atoms with van der Waals surface area (Å²) < 4.78 is 0. The van der Waals surface area contributed by atoms with E-state index in [-0.39, 0.29) is 18.1 Å². The van der Waals surface area contributed by atoms with Crippen LogP contribution in [0, 0.1) is 0 Å². The van der Waals surface area contributed by atoms with E-state index in [0.717, 1.165) is 5.56 Å². The molecule has 1 atom stereocenters. The van der Waals surface area contributed by atoms with Crippen LogP contribution in [0.2, 0.25) is 0 Å². The molecule has 6 heteroatoms.